The maximum Gasteiger partial charge on any atom is 0.195 e. The van der Waals surface area contributed by atoms with Crippen molar-refractivity contribution >= 4 is 27.3 Å². The topological polar surface area (TPSA) is 38.0 Å². The van der Waals surface area contributed by atoms with Crippen molar-refractivity contribution in [2.45, 2.75) is 32.3 Å². The van der Waals surface area contributed by atoms with Crippen LogP contribution in [0.2, 0.25) is 0 Å². The van der Waals surface area contributed by atoms with Gasteiger partial charge in [0.05, 0.1) is 16.1 Å². The first kappa shape index (κ1) is 11.4. The van der Waals surface area contributed by atoms with Crippen LogP contribution in [0.4, 0.5) is 0 Å². The maximum atomic E-state index is 10.0. The molecule has 1 aliphatic carbocycles. The summed E-state index contributed by atoms with van der Waals surface area (Å²) in [6.07, 6.45) is 4.46. The molecule has 3 rings (SSSR count). The molecule has 1 N–H and O–H groups in total. The third-order valence-electron chi connectivity index (χ3n) is 3.23. The summed E-state index contributed by atoms with van der Waals surface area (Å²) in [6.45, 7) is 2.07. The van der Waals surface area contributed by atoms with Gasteiger partial charge in [-0.3, -0.25) is 4.57 Å². The van der Waals surface area contributed by atoms with Gasteiger partial charge >= 0.3 is 0 Å². The molecule has 0 spiro atoms. The van der Waals surface area contributed by atoms with Gasteiger partial charge in [-0.25, -0.2) is 4.98 Å². The molecule has 5 heteroatoms. The lowest BCUT2D eigenvalue weighted by atomic mass is 9.95. The molecule has 0 radical (unpaired) electrons. The van der Waals surface area contributed by atoms with Gasteiger partial charge in [-0.05, 0) is 48.2 Å². The maximum absolute atomic E-state index is 10.0. The van der Waals surface area contributed by atoms with Gasteiger partial charge in [-0.1, -0.05) is 11.3 Å². The summed E-state index contributed by atoms with van der Waals surface area (Å²) in [5.41, 5.74) is 3.46. The van der Waals surface area contributed by atoms with Crippen LogP contribution in [0.1, 0.15) is 35.9 Å². The lowest BCUT2D eigenvalue weighted by Gasteiger charge is -2.19. The Morgan fingerprint density at radius 3 is 3.12 bits per heavy atom. The van der Waals surface area contributed by atoms with Crippen molar-refractivity contribution in [1.29, 1.82) is 0 Å². The quantitative estimate of drug-likeness (QED) is 0.876. The van der Waals surface area contributed by atoms with Crippen molar-refractivity contribution in [3.05, 3.63) is 33.0 Å². The highest BCUT2D eigenvalue weighted by Crippen LogP contribution is 2.35. The molecule has 2 aromatic heterocycles. The van der Waals surface area contributed by atoms with Gasteiger partial charge in [0, 0.05) is 17.0 Å². The molecule has 3 nitrogen and oxygen atoms in total. The predicted octanol–water partition coefficient (Wildman–Crippen LogP) is 3.37. The second kappa shape index (κ2) is 4.23. The molecular formula is C12H13BrN2OS. The van der Waals surface area contributed by atoms with Crippen LogP contribution in [0.3, 0.4) is 0 Å². The van der Waals surface area contributed by atoms with E-state index < -0.39 is 0 Å². The fourth-order valence-corrected chi connectivity index (χ4v) is 3.76. The van der Waals surface area contributed by atoms with Crippen molar-refractivity contribution in [2.24, 2.45) is 0 Å². The molecule has 17 heavy (non-hydrogen) atoms. The average molecular weight is 313 g/mol. The van der Waals surface area contributed by atoms with Gasteiger partial charge in [0.15, 0.2) is 5.13 Å². The van der Waals surface area contributed by atoms with E-state index in [0.717, 1.165) is 39.4 Å². The monoisotopic (exact) mass is 312 g/mol. The molecule has 0 saturated carbocycles. The number of aliphatic hydroxyl groups is 1. The number of fused-ring (bicyclic) bond motifs is 1. The molecule has 1 unspecified atom stereocenters. The van der Waals surface area contributed by atoms with Crippen LogP contribution in [0, 0.1) is 6.92 Å². The lowest BCUT2D eigenvalue weighted by molar-refractivity contribution is 0.156. The molecule has 0 aliphatic heterocycles. The van der Waals surface area contributed by atoms with E-state index in [0.29, 0.717) is 0 Å². The van der Waals surface area contributed by atoms with E-state index >= 15 is 0 Å². The number of thiazole rings is 1. The van der Waals surface area contributed by atoms with Crippen LogP contribution in [-0.2, 0) is 6.42 Å². The van der Waals surface area contributed by atoms with Crippen molar-refractivity contribution in [3.8, 4) is 5.13 Å². The fraction of sp³-hybridized carbons (Fsp3) is 0.417. The zero-order valence-electron chi connectivity index (χ0n) is 9.48. The van der Waals surface area contributed by atoms with Gasteiger partial charge in [-0.15, -0.1) is 0 Å². The fourth-order valence-electron chi connectivity index (χ4n) is 2.49. The van der Waals surface area contributed by atoms with Crippen LogP contribution < -0.4 is 0 Å². The molecule has 1 atom stereocenters. The Kier molecular flexibility index (Phi) is 2.84. The van der Waals surface area contributed by atoms with Gasteiger partial charge in [-0.2, -0.15) is 0 Å². The summed E-state index contributed by atoms with van der Waals surface area (Å²) in [5.74, 6) is 0. The normalized spacial score (nSPS) is 19.4. The molecule has 0 fully saturated rings. The summed E-state index contributed by atoms with van der Waals surface area (Å²) >= 11 is 5.06. The van der Waals surface area contributed by atoms with E-state index in [1.54, 1.807) is 11.3 Å². The Balaban J connectivity index is 2.17. The molecule has 0 aromatic carbocycles. The summed E-state index contributed by atoms with van der Waals surface area (Å²) < 4.78 is 3.21. The molecule has 0 amide bonds. The first-order valence-electron chi connectivity index (χ1n) is 5.67. The van der Waals surface area contributed by atoms with E-state index in [-0.39, 0.29) is 6.10 Å². The number of aromatic nitrogens is 2. The minimum Gasteiger partial charge on any atom is -0.388 e. The van der Waals surface area contributed by atoms with Crippen LogP contribution in [0.5, 0.6) is 0 Å². The van der Waals surface area contributed by atoms with E-state index in [2.05, 4.69) is 38.5 Å². The number of hydrogen-bond donors (Lipinski definition) is 1. The Bertz CT molecular complexity index is 561. The number of nitrogens with zero attached hydrogens (tertiary/aromatic N) is 2. The number of aliphatic hydroxyl groups excluding tert-OH is 1. The van der Waals surface area contributed by atoms with Gasteiger partial charge < -0.3 is 5.11 Å². The third-order valence-corrected chi connectivity index (χ3v) is 4.69. The van der Waals surface area contributed by atoms with Crippen molar-refractivity contribution in [3.63, 3.8) is 0 Å². The largest absolute Gasteiger partial charge is 0.388 e. The molecule has 0 saturated heterocycles. The molecular weight excluding hydrogens is 300 g/mol. The van der Waals surface area contributed by atoms with Crippen LogP contribution >= 0.6 is 27.3 Å². The minimum absolute atomic E-state index is 0.304. The number of rotatable bonds is 1. The van der Waals surface area contributed by atoms with E-state index in [9.17, 15) is 5.11 Å². The van der Waals surface area contributed by atoms with E-state index in [1.807, 2.05) is 6.20 Å². The molecule has 0 bridgehead atoms. The Hall–Kier alpha value is -0.650. The van der Waals surface area contributed by atoms with Crippen LogP contribution in [0.15, 0.2) is 16.0 Å². The number of halogens is 1. The molecule has 90 valence electrons. The Labute approximate surface area is 112 Å². The highest BCUT2D eigenvalue weighted by atomic mass is 79.9. The highest BCUT2D eigenvalue weighted by molar-refractivity contribution is 9.11. The average Bonchev–Trinajstić information content (AvgIpc) is 2.82. The minimum atomic E-state index is -0.304. The van der Waals surface area contributed by atoms with Crippen molar-refractivity contribution in [1.82, 2.24) is 9.55 Å². The second-order valence-electron chi connectivity index (χ2n) is 4.38. The SMILES string of the molecule is Cc1cc2c(n1-c1ncc(Br)s1)CCCC2O. The van der Waals surface area contributed by atoms with Crippen molar-refractivity contribution in [2.75, 3.05) is 0 Å². The van der Waals surface area contributed by atoms with Crippen LogP contribution in [0.25, 0.3) is 5.13 Å². The van der Waals surface area contributed by atoms with Gasteiger partial charge in [0.25, 0.3) is 0 Å². The zero-order chi connectivity index (χ0) is 12.0. The first-order valence-corrected chi connectivity index (χ1v) is 7.28. The van der Waals surface area contributed by atoms with E-state index in [4.69, 9.17) is 0 Å². The smallest absolute Gasteiger partial charge is 0.195 e. The summed E-state index contributed by atoms with van der Waals surface area (Å²) in [7, 11) is 0. The number of hydrogen-bond acceptors (Lipinski definition) is 3. The van der Waals surface area contributed by atoms with Gasteiger partial charge in [0.2, 0.25) is 0 Å². The van der Waals surface area contributed by atoms with E-state index in [1.165, 1.54) is 5.69 Å². The lowest BCUT2D eigenvalue weighted by Crippen LogP contribution is -2.11. The zero-order valence-corrected chi connectivity index (χ0v) is 11.9. The molecule has 2 aromatic rings. The Morgan fingerprint density at radius 2 is 2.41 bits per heavy atom. The number of aryl methyl sites for hydroxylation is 1. The standard InChI is InChI=1S/C12H13BrN2OS/c1-7-5-8-9(3-2-4-10(8)16)15(7)12-14-6-11(13)17-12/h5-6,10,16H,2-4H2,1H3. The highest BCUT2D eigenvalue weighted by Gasteiger charge is 2.24. The van der Waals surface area contributed by atoms with Crippen LogP contribution in [-0.4, -0.2) is 14.7 Å². The summed E-state index contributed by atoms with van der Waals surface area (Å²) in [5, 5.41) is 11.0. The predicted molar refractivity (Wildman–Crippen MR) is 71.8 cm³/mol. The van der Waals surface area contributed by atoms with Gasteiger partial charge in [0.1, 0.15) is 0 Å². The van der Waals surface area contributed by atoms with Crippen molar-refractivity contribution < 1.29 is 5.11 Å². The first-order chi connectivity index (χ1) is 8.16. The summed E-state index contributed by atoms with van der Waals surface area (Å²) in [6, 6.07) is 2.09. The third kappa shape index (κ3) is 1.86. The summed E-state index contributed by atoms with van der Waals surface area (Å²) in [4.78, 5) is 4.41. The Morgan fingerprint density at radius 1 is 1.59 bits per heavy atom. The molecule has 2 heterocycles. The second-order valence-corrected chi connectivity index (χ2v) is 6.77. The molecule has 1 aliphatic rings.